The number of carbonyl (C=O) groups excluding carboxylic acids is 1. The number of rotatable bonds is 9. The van der Waals surface area contributed by atoms with Gasteiger partial charge in [0.2, 0.25) is 0 Å². The lowest BCUT2D eigenvalue weighted by molar-refractivity contribution is -0.118. The predicted octanol–water partition coefficient (Wildman–Crippen LogP) is 6.98. The summed E-state index contributed by atoms with van der Waals surface area (Å²) in [5.74, 6) is 0.623. The first-order valence-corrected chi connectivity index (χ1v) is 11.1. The van der Waals surface area contributed by atoms with Crippen LogP contribution in [0.3, 0.4) is 0 Å². The van der Waals surface area contributed by atoms with E-state index in [9.17, 15) is 4.79 Å². The molecule has 3 rings (SSSR count). The van der Waals surface area contributed by atoms with Crippen LogP contribution in [0.15, 0.2) is 54.6 Å². The number of hydrogen-bond acceptors (Lipinski definition) is 4. The monoisotopic (exact) mass is 492 g/mol. The number of aryl methyl sites for hydroxylation is 1. The molecule has 0 unspecified atom stereocenters. The molecule has 3 aromatic rings. The zero-order valence-corrected chi connectivity index (χ0v) is 19.9. The molecule has 3 aromatic carbocycles. The third-order valence-corrected chi connectivity index (χ3v) is 5.60. The molecule has 0 atom stereocenters. The van der Waals surface area contributed by atoms with Gasteiger partial charge in [0.15, 0.2) is 18.1 Å². The maximum Gasteiger partial charge on any atom is 0.262 e. The van der Waals surface area contributed by atoms with Crippen LogP contribution in [0.25, 0.3) is 0 Å². The number of anilines is 2. The summed E-state index contributed by atoms with van der Waals surface area (Å²) in [5.41, 5.74) is 3.43. The Morgan fingerprint density at radius 1 is 0.844 bits per heavy atom. The molecule has 2 N–H and O–H groups in total. The van der Waals surface area contributed by atoms with Gasteiger partial charge in [0.05, 0.1) is 16.7 Å². The van der Waals surface area contributed by atoms with Gasteiger partial charge in [-0.3, -0.25) is 4.79 Å². The lowest BCUT2D eigenvalue weighted by Gasteiger charge is -2.16. The largest absolute Gasteiger partial charge is 0.490 e. The van der Waals surface area contributed by atoms with Gasteiger partial charge in [-0.25, -0.2) is 0 Å². The fourth-order valence-corrected chi connectivity index (χ4v) is 3.39. The Morgan fingerprint density at radius 3 is 2.22 bits per heavy atom. The van der Waals surface area contributed by atoms with E-state index in [4.69, 9.17) is 44.3 Å². The molecule has 0 spiro atoms. The Balaban J connectivity index is 1.66. The summed E-state index contributed by atoms with van der Waals surface area (Å²) in [4.78, 5) is 12.3. The van der Waals surface area contributed by atoms with Crippen molar-refractivity contribution >= 4 is 52.1 Å². The average Bonchev–Trinajstić information content (AvgIpc) is 2.77. The van der Waals surface area contributed by atoms with E-state index in [0.717, 1.165) is 16.8 Å². The molecule has 168 valence electrons. The van der Waals surface area contributed by atoms with Crippen LogP contribution >= 0.6 is 34.8 Å². The molecule has 0 saturated heterocycles. The molecule has 0 aromatic heterocycles. The highest BCUT2D eigenvalue weighted by Crippen LogP contribution is 2.34. The molecule has 0 bridgehead atoms. The lowest BCUT2D eigenvalue weighted by atomic mass is 10.2. The van der Waals surface area contributed by atoms with Crippen molar-refractivity contribution in [2.45, 2.75) is 20.4 Å². The van der Waals surface area contributed by atoms with Crippen LogP contribution in [-0.2, 0) is 11.3 Å². The Labute approximate surface area is 202 Å². The van der Waals surface area contributed by atoms with Crippen molar-refractivity contribution < 1.29 is 14.3 Å². The molecule has 5 nitrogen and oxygen atoms in total. The van der Waals surface area contributed by atoms with Gasteiger partial charge in [0.25, 0.3) is 5.91 Å². The van der Waals surface area contributed by atoms with Crippen LogP contribution in [0.4, 0.5) is 11.4 Å². The Bertz CT molecular complexity index is 1090. The number of benzene rings is 3. The second-order valence-electron chi connectivity index (χ2n) is 7.01. The molecule has 0 aliphatic carbocycles. The Hall–Kier alpha value is -2.60. The molecular formula is C24H23Cl3N2O3. The number of amides is 1. The van der Waals surface area contributed by atoms with Gasteiger partial charge in [0.1, 0.15) is 0 Å². The molecule has 0 heterocycles. The van der Waals surface area contributed by atoms with Crippen LogP contribution in [0.5, 0.6) is 11.5 Å². The molecule has 0 aliphatic heterocycles. The zero-order chi connectivity index (χ0) is 23.1. The van der Waals surface area contributed by atoms with Crippen molar-refractivity contribution in [3.05, 3.63) is 80.8 Å². The SMILES string of the molecule is CCOc1cc(CNc2ccc(Cl)c(Cl)c2)c(Cl)cc1OCC(=O)Nc1ccc(C)cc1. The fraction of sp³-hybridized carbons (Fsp3) is 0.208. The summed E-state index contributed by atoms with van der Waals surface area (Å²) in [5, 5.41) is 7.48. The summed E-state index contributed by atoms with van der Waals surface area (Å²) in [6.45, 7) is 4.55. The van der Waals surface area contributed by atoms with Gasteiger partial charge >= 0.3 is 0 Å². The average molecular weight is 494 g/mol. The van der Waals surface area contributed by atoms with Crippen molar-refractivity contribution in [1.82, 2.24) is 0 Å². The molecule has 32 heavy (non-hydrogen) atoms. The van der Waals surface area contributed by atoms with E-state index >= 15 is 0 Å². The van der Waals surface area contributed by atoms with Crippen LogP contribution in [-0.4, -0.2) is 19.1 Å². The highest BCUT2D eigenvalue weighted by atomic mass is 35.5. The smallest absolute Gasteiger partial charge is 0.262 e. The number of hydrogen-bond donors (Lipinski definition) is 2. The summed E-state index contributed by atoms with van der Waals surface area (Å²) in [6, 6.07) is 16.3. The van der Waals surface area contributed by atoms with Crippen molar-refractivity contribution in [3.8, 4) is 11.5 Å². The number of nitrogens with one attached hydrogen (secondary N) is 2. The Morgan fingerprint density at radius 2 is 1.53 bits per heavy atom. The normalized spacial score (nSPS) is 10.5. The first-order valence-electron chi connectivity index (χ1n) is 9.99. The van der Waals surface area contributed by atoms with E-state index in [1.165, 1.54) is 0 Å². The van der Waals surface area contributed by atoms with E-state index in [1.54, 1.807) is 24.3 Å². The third kappa shape index (κ3) is 6.70. The highest BCUT2D eigenvalue weighted by Gasteiger charge is 2.13. The number of carbonyl (C=O) groups is 1. The quantitative estimate of drug-likeness (QED) is 0.337. The van der Waals surface area contributed by atoms with Crippen molar-refractivity contribution in [1.29, 1.82) is 0 Å². The molecule has 0 aliphatic rings. The molecular weight excluding hydrogens is 471 g/mol. The van der Waals surface area contributed by atoms with Crippen molar-refractivity contribution in [3.63, 3.8) is 0 Å². The summed E-state index contributed by atoms with van der Waals surface area (Å²) in [6.07, 6.45) is 0. The minimum absolute atomic E-state index is 0.175. The molecule has 0 saturated carbocycles. The highest BCUT2D eigenvalue weighted by molar-refractivity contribution is 6.42. The first-order chi connectivity index (χ1) is 15.4. The van der Waals surface area contributed by atoms with Crippen molar-refractivity contribution in [2.75, 3.05) is 23.8 Å². The van der Waals surface area contributed by atoms with E-state index in [1.807, 2.05) is 44.2 Å². The second-order valence-corrected chi connectivity index (χ2v) is 8.23. The van der Waals surface area contributed by atoms with Gasteiger partial charge in [-0.05, 0) is 55.8 Å². The van der Waals surface area contributed by atoms with Gasteiger partial charge in [-0.2, -0.15) is 0 Å². The van der Waals surface area contributed by atoms with E-state index in [0.29, 0.717) is 45.4 Å². The molecule has 8 heteroatoms. The van der Waals surface area contributed by atoms with Crippen LogP contribution < -0.4 is 20.1 Å². The van der Waals surface area contributed by atoms with E-state index < -0.39 is 0 Å². The summed E-state index contributed by atoms with van der Waals surface area (Å²) >= 11 is 18.5. The second kappa shape index (κ2) is 11.3. The first kappa shape index (κ1) is 24.1. The third-order valence-electron chi connectivity index (χ3n) is 4.51. The lowest BCUT2D eigenvalue weighted by Crippen LogP contribution is -2.20. The fourth-order valence-electron chi connectivity index (χ4n) is 2.87. The van der Waals surface area contributed by atoms with Gasteiger partial charge in [-0.1, -0.05) is 52.5 Å². The maximum absolute atomic E-state index is 12.3. The Kier molecular flexibility index (Phi) is 8.51. The standard InChI is InChI=1S/C24H23Cl3N2O3/c1-3-31-22-10-16(13-28-18-8-9-19(25)21(27)11-18)20(26)12-23(22)32-14-24(30)29-17-6-4-15(2)5-7-17/h4-12,28H,3,13-14H2,1-2H3,(H,29,30). The predicted molar refractivity (Wildman–Crippen MR) is 132 cm³/mol. The molecule has 0 fully saturated rings. The van der Waals surface area contributed by atoms with Gasteiger partial charge in [-0.15, -0.1) is 0 Å². The van der Waals surface area contributed by atoms with Crippen LogP contribution in [0.2, 0.25) is 15.1 Å². The van der Waals surface area contributed by atoms with Crippen LogP contribution in [0, 0.1) is 6.92 Å². The van der Waals surface area contributed by atoms with E-state index in [2.05, 4.69) is 10.6 Å². The number of halogens is 3. The van der Waals surface area contributed by atoms with Crippen LogP contribution in [0.1, 0.15) is 18.1 Å². The van der Waals surface area contributed by atoms with E-state index in [-0.39, 0.29) is 12.5 Å². The molecule has 1 amide bonds. The minimum atomic E-state index is -0.280. The zero-order valence-electron chi connectivity index (χ0n) is 17.7. The summed E-state index contributed by atoms with van der Waals surface area (Å²) < 4.78 is 11.4. The van der Waals surface area contributed by atoms with Gasteiger partial charge < -0.3 is 20.1 Å². The maximum atomic E-state index is 12.3. The summed E-state index contributed by atoms with van der Waals surface area (Å²) in [7, 11) is 0. The number of ether oxygens (including phenoxy) is 2. The topological polar surface area (TPSA) is 59.6 Å². The van der Waals surface area contributed by atoms with Crippen molar-refractivity contribution in [2.24, 2.45) is 0 Å². The minimum Gasteiger partial charge on any atom is -0.490 e. The van der Waals surface area contributed by atoms with Gasteiger partial charge in [0, 0.05) is 29.0 Å². The molecule has 0 radical (unpaired) electrons.